The largest absolute Gasteiger partial charge is 0.488 e. The van der Waals surface area contributed by atoms with Gasteiger partial charge in [0.15, 0.2) is 5.96 Å². The molecule has 8 heteroatoms. The fraction of sp³-hybridized carbons (Fsp3) is 0.500. The third-order valence-electron chi connectivity index (χ3n) is 5.59. The summed E-state index contributed by atoms with van der Waals surface area (Å²) in [5.74, 6) is 2.68. The van der Waals surface area contributed by atoms with Gasteiger partial charge in [0.25, 0.3) is 0 Å². The van der Waals surface area contributed by atoms with Crippen molar-refractivity contribution < 1.29 is 4.74 Å². The maximum atomic E-state index is 5.98. The van der Waals surface area contributed by atoms with Crippen molar-refractivity contribution in [2.24, 2.45) is 4.99 Å². The number of rotatable bonds is 7. The predicted octanol–water partition coefficient (Wildman–Crippen LogP) is 1.16. The van der Waals surface area contributed by atoms with Crippen LogP contribution in [-0.4, -0.2) is 79.8 Å². The average Bonchev–Trinajstić information content (AvgIpc) is 3.22. The topological polar surface area (TPSA) is 77.9 Å². The summed E-state index contributed by atoms with van der Waals surface area (Å²) in [6.45, 7) is 6.77. The molecule has 2 aromatic rings. The third kappa shape index (κ3) is 5.38. The predicted molar refractivity (Wildman–Crippen MR) is 119 cm³/mol. The lowest BCUT2D eigenvalue weighted by Crippen LogP contribution is -2.48. The molecule has 0 radical (unpaired) electrons. The second kappa shape index (κ2) is 10.2. The molecule has 1 fully saturated rings. The number of anilines is 1. The van der Waals surface area contributed by atoms with Crippen molar-refractivity contribution in [1.82, 2.24) is 25.5 Å². The number of guanidine groups is 1. The number of para-hydroxylation sites is 1. The van der Waals surface area contributed by atoms with E-state index in [-0.39, 0.29) is 6.10 Å². The summed E-state index contributed by atoms with van der Waals surface area (Å²) < 4.78 is 5.98. The first-order chi connectivity index (χ1) is 14.8. The minimum absolute atomic E-state index is 0.158. The van der Waals surface area contributed by atoms with Crippen molar-refractivity contribution in [1.29, 1.82) is 0 Å². The quantitative estimate of drug-likeness (QED) is 0.404. The van der Waals surface area contributed by atoms with Crippen molar-refractivity contribution >= 4 is 11.9 Å². The molecule has 2 aliphatic rings. The molecule has 0 amide bonds. The van der Waals surface area contributed by atoms with E-state index in [1.54, 1.807) is 12.4 Å². The van der Waals surface area contributed by atoms with Crippen molar-refractivity contribution in [3.05, 3.63) is 48.3 Å². The van der Waals surface area contributed by atoms with Crippen LogP contribution in [0.15, 0.2) is 47.7 Å². The number of ether oxygens (including phenoxy) is 1. The van der Waals surface area contributed by atoms with E-state index < -0.39 is 0 Å². The second-order valence-corrected chi connectivity index (χ2v) is 7.66. The van der Waals surface area contributed by atoms with E-state index in [0.717, 1.165) is 76.3 Å². The number of fused-ring (bicyclic) bond motifs is 1. The number of hydrogen-bond donors (Lipinski definition) is 2. The Morgan fingerprint density at radius 2 is 1.90 bits per heavy atom. The number of nitrogens with one attached hydrogen (secondary N) is 2. The number of aliphatic imine (C=N–C) groups is 1. The Morgan fingerprint density at radius 1 is 1.10 bits per heavy atom. The molecule has 4 rings (SSSR count). The smallest absolute Gasteiger partial charge is 0.225 e. The Labute approximate surface area is 178 Å². The Morgan fingerprint density at radius 3 is 2.67 bits per heavy atom. The summed E-state index contributed by atoms with van der Waals surface area (Å²) in [4.78, 5) is 17.8. The van der Waals surface area contributed by atoms with Crippen LogP contribution in [0.1, 0.15) is 12.0 Å². The molecule has 1 saturated heterocycles. The van der Waals surface area contributed by atoms with Gasteiger partial charge in [-0.3, -0.25) is 9.89 Å². The summed E-state index contributed by atoms with van der Waals surface area (Å²) in [5.41, 5.74) is 1.28. The highest BCUT2D eigenvalue weighted by Crippen LogP contribution is 2.27. The first-order valence-corrected chi connectivity index (χ1v) is 10.8. The number of benzene rings is 1. The minimum Gasteiger partial charge on any atom is -0.488 e. The van der Waals surface area contributed by atoms with Crippen LogP contribution in [0.25, 0.3) is 0 Å². The highest BCUT2D eigenvalue weighted by atomic mass is 16.5. The number of aromatic nitrogens is 2. The molecule has 1 unspecified atom stereocenters. The zero-order chi connectivity index (χ0) is 20.6. The van der Waals surface area contributed by atoms with Gasteiger partial charge in [0, 0.05) is 58.6 Å². The summed E-state index contributed by atoms with van der Waals surface area (Å²) in [7, 11) is 1.81. The molecule has 8 nitrogen and oxygen atoms in total. The van der Waals surface area contributed by atoms with Crippen molar-refractivity contribution in [2.75, 3.05) is 57.8 Å². The van der Waals surface area contributed by atoms with E-state index in [9.17, 15) is 0 Å². The van der Waals surface area contributed by atoms with E-state index in [1.165, 1.54) is 5.56 Å². The molecule has 1 aromatic carbocycles. The van der Waals surface area contributed by atoms with Gasteiger partial charge in [0.2, 0.25) is 5.95 Å². The minimum atomic E-state index is 0.158. The molecule has 3 heterocycles. The molecule has 0 bridgehead atoms. The molecule has 2 N–H and O–H groups in total. The normalized spacial score (nSPS) is 19.3. The highest BCUT2D eigenvalue weighted by molar-refractivity contribution is 5.79. The van der Waals surface area contributed by atoms with Gasteiger partial charge in [-0.15, -0.1) is 0 Å². The van der Waals surface area contributed by atoms with Crippen LogP contribution < -0.4 is 20.3 Å². The molecule has 0 aliphatic carbocycles. The molecule has 30 heavy (non-hydrogen) atoms. The Hall–Kier alpha value is -2.87. The number of hydrogen-bond acceptors (Lipinski definition) is 6. The van der Waals surface area contributed by atoms with E-state index >= 15 is 0 Å². The van der Waals surface area contributed by atoms with E-state index in [4.69, 9.17) is 4.74 Å². The van der Waals surface area contributed by atoms with Gasteiger partial charge in [-0.2, -0.15) is 0 Å². The number of piperazine rings is 1. The zero-order valence-corrected chi connectivity index (χ0v) is 17.6. The summed E-state index contributed by atoms with van der Waals surface area (Å²) >= 11 is 0. The first kappa shape index (κ1) is 20.4. The Kier molecular flexibility index (Phi) is 6.97. The summed E-state index contributed by atoms with van der Waals surface area (Å²) in [6.07, 6.45) is 5.79. The van der Waals surface area contributed by atoms with Crippen LogP contribution >= 0.6 is 0 Å². The maximum Gasteiger partial charge on any atom is 0.225 e. The fourth-order valence-electron chi connectivity index (χ4n) is 3.93. The van der Waals surface area contributed by atoms with Crippen LogP contribution in [-0.2, 0) is 6.42 Å². The van der Waals surface area contributed by atoms with E-state index in [2.05, 4.69) is 47.5 Å². The van der Waals surface area contributed by atoms with Crippen molar-refractivity contribution in [3.8, 4) is 5.75 Å². The van der Waals surface area contributed by atoms with Crippen molar-refractivity contribution in [3.63, 3.8) is 0 Å². The van der Waals surface area contributed by atoms with Gasteiger partial charge < -0.3 is 20.3 Å². The van der Waals surface area contributed by atoms with Gasteiger partial charge >= 0.3 is 0 Å². The van der Waals surface area contributed by atoms with Crippen LogP contribution in [0.2, 0.25) is 0 Å². The van der Waals surface area contributed by atoms with E-state index in [1.807, 2.05) is 25.2 Å². The second-order valence-electron chi connectivity index (χ2n) is 7.66. The Balaban J connectivity index is 1.09. The Bertz CT molecular complexity index is 796. The van der Waals surface area contributed by atoms with E-state index in [0.29, 0.717) is 0 Å². The molecule has 0 saturated carbocycles. The van der Waals surface area contributed by atoms with Gasteiger partial charge in [-0.05, 0) is 30.7 Å². The lowest BCUT2D eigenvalue weighted by molar-refractivity contribution is 0.234. The summed E-state index contributed by atoms with van der Waals surface area (Å²) in [5, 5.41) is 6.80. The zero-order valence-electron chi connectivity index (χ0n) is 17.6. The molecule has 0 spiro atoms. The fourth-order valence-corrected chi connectivity index (χ4v) is 3.93. The lowest BCUT2D eigenvalue weighted by Gasteiger charge is -2.34. The third-order valence-corrected chi connectivity index (χ3v) is 5.59. The summed E-state index contributed by atoms with van der Waals surface area (Å²) in [6, 6.07) is 10.1. The maximum absolute atomic E-state index is 5.98. The van der Waals surface area contributed by atoms with Crippen LogP contribution in [0.5, 0.6) is 5.75 Å². The number of nitrogens with zero attached hydrogens (tertiary/aromatic N) is 5. The lowest BCUT2D eigenvalue weighted by atomic mass is 10.1. The SMILES string of the molecule is CN=C(NCCCN1CCN(c2ncccn2)CC1)NCC1Cc2ccccc2O1. The molecular weight excluding hydrogens is 378 g/mol. The molecule has 2 aliphatic heterocycles. The van der Waals surface area contributed by atoms with Gasteiger partial charge in [0.05, 0.1) is 6.54 Å². The molecule has 1 atom stereocenters. The monoisotopic (exact) mass is 409 g/mol. The highest BCUT2D eigenvalue weighted by Gasteiger charge is 2.22. The van der Waals surface area contributed by atoms with Gasteiger partial charge in [0.1, 0.15) is 11.9 Å². The van der Waals surface area contributed by atoms with Crippen LogP contribution in [0.3, 0.4) is 0 Å². The van der Waals surface area contributed by atoms with Crippen LogP contribution in [0.4, 0.5) is 5.95 Å². The molecule has 1 aromatic heterocycles. The molecule has 160 valence electrons. The first-order valence-electron chi connectivity index (χ1n) is 10.8. The molecular formula is C22H31N7O. The standard InChI is InChI=1S/C22H31N7O/c1-23-21(27-17-19-16-18-6-2-3-7-20(18)30-19)24-10-5-11-28-12-14-29(15-13-28)22-25-8-4-9-26-22/h2-4,6-9,19H,5,10-17H2,1H3,(H2,23,24,27). The van der Waals surface area contributed by atoms with Crippen molar-refractivity contribution in [2.45, 2.75) is 18.9 Å². The van der Waals surface area contributed by atoms with Gasteiger partial charge in [-0.1, -0.05) is 18.2 Å². The van der Waals surface area contributed by atoms with Crippen LogP contribution in [0, 0.1) is 0 Å². The average molecular weight is 410 g/mol. The van der Waals surface area contributed by atoms with Gasteiger partial charge in [-0.25, -0.2) is 9.97 Å².